The second-order valence-corrected chi connectivity index (χ2v) is 11.1. The molecule has 0 spiro atoms. The average molecular weight is 587 g/mol. The van der Waals surface area contributed by atoms with Crippen LogP contribution >= 0.6 is 0 Å². The van der Waals surface area contributed by atoms with Gasteiger partial charge in [-0.25, -0.2) is 0 Å². The lowest BCUT2D eigenvalue weighted by Gasteiger charge is -2.37. The maximum Gasteiger partial charge on any atom is 0.303 e. The van der Waals surface area contributed by atoms with Crippen LogP contribution in [-0.2, 0) is 32.2 Å². The van der Waals surface area contributed by atoms with Crippen molar-refractivity contribution >= 4 is 11.9 Å². The van der Waals surface area contributed by atoms with Crippen LogP contribution in [0.15, 0.2) is 85.5 Å². The molecule has 0 radical (unpaired) electrons. The van der Waals surface area contributed by atoms with Crippen LogP contribution in [0.4, 0.5) is 0 Å². The zero-order chi connectivity index (χ0) is 30.6. The Labute approximate surface area is 254 Å². The number of aliphatic hydroxyl groups is 1. The van der Waals surface area contributed by atoms with Crippen molar-refractivity contribution in [3.8, 4) is 11.1 Å². The largest absolute Gasteiger partial charge is 0.481 e. The van der Waals surface area contributed by atoms with E-state index in [-0.39, 0.29) is 31.1 Å². The molecule has 3 N–H and O–H groups in total. The first kappa shape index (κ1) is 32.1. The van der Waals surface area contributed by atoms with Crippen molar-refractivity contribution in [3.05, 3.63) is 108 Å². The predicted octanol–water partition coefficient (Wildman–Crippen LogP) is 5.77. The van der Waals surface area contributed by atoms with Crippen molar-refractivity contribution in [3.63, 3.8) is 0 Å². The van der Waals surface area contributed by atoms with Gasteiger partial charge in [0.2, 0.25) is 5.91 Å². The van der Waals surface area contributed by atoms with Gasteiger partial charge >= 0.3 is 5.97 Å². The first-order valence-electron chi connectivity index (χ1n) is 14.8. The molecule has 228 valence electrons. The summed E-state index contributed by atoms with van der Waals surface area (Å²) < 4.78 is 13.0. The number of nitrogens with one attached hydrogen (secondary N) is 1. The summed E-state index contributed by atoms with van der Waals surface area (Å²) in [6.45, 7) is 5.76. The Balaban J connectivity index is 1.46. The fourth-order valence-corrected chi connectivity index (χ4v) is 5.25. The normalized spacial score (nSPS) is 18.3. The van der Waals surface area contributed by atoms with Crippen molar-refractivity contribution in [2.24, 2.45) is 0 Å². The molecular formula is C35H42N2O6. The molecule has 0 saturated carbocycles. The Hall–Kier alpha value is -3.82. The van der Waals surface area contributed by atoms with Crippen molar-refractivity contribution in [2.45, 2.75) is 63.8 Å². The maximum absolute atomic E-state index is 12.2. The van der Waals surface area contributed by atoms with E-state index in [1.165, 1.54) is 0 Å². The fraction of sp³-hybridized carbons (Fsp3) is 0.371. The molecule has 4 rings (SSSR count). The van der Waals surface area contributed by atoms with E-state index in [1.807, 2.05) is 66.7 Å². The van der Waals surface area contributed by atoms with Crippen molar-refractivity contribution in [2.75, 3.05) is 20.1 Å². The number of carboxylic acids is 1. The monoisotopic (exact) mass is 586 g/mol. The van der Waals surface area contributed by atoms with Crippen molar-refractivity contribution < 1.29 is 29.3 Å². The van der Waals surface area contributed by atoms with E-state index in [9.17, 15) is 14.7 Å². The first-order chi connectivity index (χ1) is 20.8. The number of likely N-dealkylation sites (N-methyl/N-ethyl adjacent to an activating group) is 1. The number of unbranched alkanes of at least 4 members (excludes halogenated alkanes) is 1. The van der Waals surface area contributed by atoms with E-state index >= 15 is 0 Å². The Morgan fingerprint density at radius 1 is 0.953 bits per heavy atom. The van der Waals surface area contributed by atoms with Crippen LogP contribution in [0, 0.1) is 0 Å². The molecular weight excluding hydrogens is 544 g/mol. The number of ether oxygens (including phenoxy) is 2. The molecule has 8 nitrogen and oxygen atoms in total. The molecule has 0 bridgehead atoms. The van der Waals surface area contributed by atoms with Gasteiger partial charge in [0.25, 0.3) is 0 Å². The summed E-state index contributed by atoms with van der Waals surface area (Å²) in [5, 5.41) is 21.2. The Bertz CT molecular complexity index is 1360. The zero-order valence-corrected chi connectivity index (χ0v) is 24.8. The molecule has 43 heavy (non-hydrogen) atoms. The molecule has 1 saturated heterocycles. The van der Waals surface area contributed by atoms with Gasteiger partial charge < -0.3 is 29.9 Å². The molecule has 1 aliphatic rings. The predicted molar refractivity (Wildman–Crippen MR) is 166 cm³/mol. The molecule has 1 fully saturated rings. The van der Waals surface area contributed by atoms with E-state index in [0.29, 0.717) is 32.2 Å². The van der Waals surface area contributed by atoms with E-state index < -0.39 is 12.3 Å². The number of hydrogen-bond acceptors (Lipinski definition) is 6. The Morgan fingerprint density at radius 3 is 2.40 bits per heavy atom. The number of aliphatic hydroxyl groups excluding tert-OH is 1. The zero-order valence-electron chi connectivity index (χ0n) is 24.8. The van der Waals surface area contributed by atoms with Gasteiger partial charge in [-0.15, -0.1) is 6.58 Å². The summed E-state index contributed by atoms with van der Waals surface area (Å²) in [5.74, 6) is -0.926. The van der Waals surface area contributed by atoms with Crippen molar-refractivity contribution in [1.82, 2.24) is 10.2 Å². The lowest BCUT2D eigenvalue weighted by atomic mass is 9.98. The summed E-state index contributed by atoms with van der Waals surface area (Å²) in [6.07, 6.45) is 3.27. The summed E-state index contributed by atoms with van der Waals surface area (Å²) in [4.78, 5) is 25.1. The minimum Gasteiger partial charge on any atom is -0.481 e. The Kier molecular flexibility index (Phi) is 12.1. The third-order valence-electron chi connectivity index (χ3n) is 7.52. The summed E-state index contributed by atoms with van der Waals surface area (Å²) in [6, 6.07) is 24.1. The van der Waals surface area contributed by atoms with Gasteiger partial charge in [0.15, 0.2) is 6.29 Å². The fourth-order valence-electron chi connectivity index (χ4n) is 5.25. The van der Waals surface area contributed by atoms with Crippen LogP contribution < -0.4 is 5.32 Å². The second-order valence-electron chi connectivity index (χ2n) is 11.1. The van der Waals surface area contributed by atoms with E-state index in [0.717, 1.165) is 46.5 Å². The number of benzene rings is 3. The number of carbonyl (C=O) groups is 2. The number of amides is 1. The highest BCUT2D eigenvalue weighted by Gasteiger charge is 2.32. The molecule has 0 aliphatic carbocycles. The quantitative estimate of drug-likeness (QED) is 0.153. The smallest absolute Gasteiger partial charge is 0.303 e. The van der Waals surface area contributed by atoms with E-state index in [1.54, 1.807) is 0 Å². The summed E-state index contributed by atoms with van der Waals surface area (Å²) >= 11 is 0. The highest BCUT2D eigenvalue weighted by Crippen LogP contribution is 2.39. The van der Waals surface area contributed by atoms with Gasteiger partial charge in [-0.2, -0.15) is 0 Å². The molecule has 0 unspecified atom stereocenters. The standard InChI is InChI=1S/C35H42N2O6/c1-3-18-37(2)23-31-21-32(27-16-14-25(24-38)15-17-27)43-35(42-31)30-11-7-10-29(20-30)28-9-6-8-26(19-28)22-36-33(39)12-4-5-13-34(40)41/h3,6-11,14-17,19-20,31-32,35,38H,1,4-5,12-13,18,21-24H2,2H3,(H,36,39)(H,40,41)/t31-,32+,35+/m1/s1. The molecule has 3 aromatic rings. The van der Waals surface area contributed by atoms with E-state index in [2.05, 4.69) is 36.0 Å². The van der Waals surface area contributed by atoms with Crippen molar-refractivity contribution in [1.29, 1.82) is 0 Å². The van der Waals surface area contributed by atoms with Gasteiger partial charge in [0, 0.05) is 44.5 Å². The molecule has 1 aliphatic heterocycles. The number of carboxylic acid groups (broad SMARTS) is 1. The summed E-state index contributed by atoms with van der Waals surface area (Å²) in [7, 11) is 2.05. The van der Waals surface area contributed by atoms with Gasteiger partial charge in [-0.3, -0.25) is 9.59 Å². The highest BCUT2D eigenvalue weighted by molar-refractivity contribution is 5.76. The number of carbonyl (C=O) groups excluding carboxylic acids is 1. The van der Waals surface area contributed by atoms with Crippen LogP contribution in [0.1, 0.15) is 66.8 Å². The minimum atomic E-state index is -0.841. The lowest BCUT2D eigenvalue weighted by Crippen LogP contribution is -2.37. The van der Waals surface area contributed by atoms with E-state index in [4.69, 9.17) is 14.6 Å². The number of hydrogen-bond donors (Lipinski definition) is 3. The van der Waals surface area contributed by atoms with Gasteiger partial charge in [-0.05, 0) is 59.8 Å². The number of nitrogens with zero attached hydrogens (tertiary/aromatic N) is 1. The van der Waals surface area contributed by atoms with Crippen LogP contribution in [0.5, 0.6) is 0 Å². The van der Waals surface area contributed by atoms with Gasteiger partial charge in [0.1, 0.15) is 0 Å². The molecule has 3 aromatic carbocycles. The topological polar surface area (TPSA) is 108 Å². The van der Waals surface area contributed by atoms with Gasteiger partial charge in [-0.1, -0.05) is 66.7 Å². The number of aliphatic carboxylic acids is 1. The third kappa shape index (κ3) is 9.86. The minimum absolute atomic E-state index is 0.00146. The maximum atomic E-state index is 12.2. The van der Waals surface area contributed by atoms with Crippen LogP contribution in [-0.4, -0.2) is 53.2 Å². The first-order valence-corrected chi connectivity index (χ1v) is 14.8. The molecule has 3 atom stereocenters. The molecule has 1 amide bonds. The lowest BCUT2D eigenvalue weighted by molar-refractivity contribution is -0.252. The number of rotatable bonds is 15. The van der Waals surface area contributed by atoms with Crippen LogP contribution in [0.3, 0.4) is 0 Å². The SMILES string of the molecule is C=CCN(C)C[C@H]1C[C@@H](c2ccc(CO)cc2)O[C@@H](c2cccc(-c3cccc(CNC(=O)CCCCC(=O)O)c3)c2)O1. The van der Waals surface area contributed by atoms with Gasteiger partial charge in [0.05, 0.1) is 18.8 Å². The Morgan fingerprint density at radius 2 is 1.67 bits per heavy atom. The average Bonchev–Trinajstić information content (AvgIpc) is 3.02. The highest BCUT2D eigenvalue weighted by atomic mass is 16.7. The summed E-state index contributed by atoms with van der Waals surface area (Å²) in [5.41, 5.74) is 5.84. The second kappa shape index (κ2) is 16.1. The van der Waals surface area contributed by atoms with Crippen LogP contribution in [0.25, 0.3) is 11.1 Å². The molecule has 8 heteroatoms. The third-order valence-corrected chi connectivity index (χ3v) is 7.52. The molecule has 0 aromatic heterocycles. The van der Waals surface area contributed by atoms with Crippen LogP contribution in [0.2, 0.25) is 0 Å². The molecule has 1 heterocycles.